The van der Waals surface area contributed by atoms with Crippen molar-refractivity contribution in [3.05, 3.63) is 70.9 Å². The van der Waals surface area contributed by atoms with Gasteiger partial charge in [0.05, 0.1) is 5.02 Å². The zero-order valence-electron chi connectivity index (χ0n) is 15.6. The molecule has 0 radical (unpaired) electrons. The number of amides is 1. The van der Waals surface area contributed by atoms with Gasteiger partial charge in [0.15, 0.2) is 0 Å². The van der Waals surface area contributed by atoms with E-state index >= 15 is 0 Å². The topological polar surface area (TPSA) is 28.5 Å². The van der Waals surface area contributed by atoms with Crippen LogP contribution < -0.4 is 0 Å². The molecule has 0 atom stereocenters. The highest BCUT2D eigenvalue weighted by Crippen LogP contribution is 2.30. The summed E-state index contributed by atoms with van der Waals surface area (Å²) >= 11 is 6.54. The number of rotatable bonds is 4. The molecule has 5 heteroatoms. The van der Waals surface area contributed by atoms with E-state index < -0.39 is 0 Å². The molecule has 0 N–H and O–H groups in total. The second kappa shape index (κ2) is 7.75. The maximum absolute atomic E-state index is 13.1. The molecular formula is C22H24ClN3O. The van der Waals surface area contributed by atoms with Crippen LogP contribution in [0.1, 0.15) is 16.1 Å². The Bertz CT molecular complexity index is 904. The number of hydrogen-bond acceptors (Lipinski definition) is 2. The summed E-state index contributed by atoms with van der Waals surface area (Å²) in [6, 6.07) is 18.4. The number of aromatic nitrogens is 1. The molecule has 0 unspecified atom stereocenters. The van der Waals surface area contributed by atoms with Crippen molar-refractivity contribution in [3.63, 3.8) is 0 Å². The second-order valence-corrected chi connectivity index (χ2v) is 7.49. The zero-order valence-corrected chi connectivity index (χ0v) is 16.3. The molecule has 140 valence electrons. The summed E-state index contributed by atoms with van der Waals surface area (Å²) in [5.74, 6) is 0.0291. The van der Waals surface area contributed by atoms with Crippen molar-refractivity contribution < 1.29 is 4.79 Å². The maximum Gasteiger partial charge on any atom is 0.272 e. The molecule has 2 heterocycles. The minimum atomic E-state index is 0.0291. The predicted molar refractivity (Wildman–Crippen MR) is 110 cm³/mol. The molecule has 1 aromatic heterocycles. The van der Waals surface area contributed by atoms with E-state index in [0.29, 0.717) is 10.7 Å². The summed E-state index contributed by atoms with van der Waals surface area (Å²) < 4.78 is 1.92. The Morgan fingerprint density at radius 3 is 2.33 bits per heavy atom. The van der Waals surface area contributed by atoms with Gasteiger partial charge < -0.3 is 9.47 Å². The molecule has 1 aliphatic rings. The number of fused-ring (bicyclic) bond motifs is 1. The van der Waals surface area contributed by atoms with E-state index in [1.54, 1.807) is 0 Å². The van der Waals surface area contributed by atoms with Gasteiger partial charge in [-0.2, -0.15) is 0 Å². The number of benzene rings is 2. The minimum absolute atomic E-state index is 0.0291. The number of carbonyl (C=O) groups excluding carboxylic acids is 1. The highest BCUT2D eigenvalue weighted by atomic mass is 35.5. The van der Waals surface area contributed by atoms with E-state index in [1.807, 2.05) is 46.8 Å². The molecule has 3 aromatic rings. The van der Waals surface area contributed by atoms with Crippen molar-refractivity contribution in [1.29, 1.82) is 0 Å². The average molecular weight is 382 g/mol. The van der Waals surface area contributed by atoms with Crippen LogP contribution in [0.3, 0.4) is 0 Å². The van der Waals surface area contributed by atoms with Gasteiger partial charge in [-0.1, -0.05) is 60.1 Å². The summed E-state index contributed by atoms with van der Waals surface area (Å²) in [7, 11) is 1.91. The van der Waals surface area contributed by atoms with Crippen molar-refractivity contribution in [2.45, 2.75) is 6.42 Å². The maximum atomic E-state index is 13.1. The molecule has 1 fully saturated rings. The minimum Gasteiger partial charge on any atom is -0.338 e. The summed E-state index contributed by atoms with van der Waals surface area (Å²) in [6.45, 7) is 4.32. The monoisotopic (exact) mass is 381 g/mol. The molecule has 0 aliphatic carbocycles. The van der Waals surface area contributed by atoms with Gasteiger partial charge in [-0.05, 0) is 18.1 Å². The summed E-state index contributed by atoms with van der Waals surface area (Å²) in [4.78, 5) is 17.5. The van der Waals surface area contributed by atoms with Gasteiger partial charge >= 0.3 is 0 Å². The molecule has 1 aliphatic heterocycles. The third-order valence-corrected chi connectivity index (χ3v) is 5.85. The summed E-state index contributed by atoms with van der Waals surface area (Å²) in [6.07, 6.45) is 1.05. The summed E-state index contributed by atoms with van der Waals surface area (Å²) in [5, 5.41) is 1.50. The van der Waals surface area contributed by atoms with E-state index in [0.717, 1.165) is 50.0 Å². The van der Waals surface area contributed by atoms with Crippen LogP contribution in [0.4, 0.5) is 0 Å². The van der Waals surface area contributed by atoms with Crippen LogP contribution in [0.5, 0.6) is 0 Å². The van der Waals surface area contributed by atoms with E-state index in [9.17, 15) is 4.79 Å². The Morgan fingerprint density at radius 1 is 0.963 bits per heavy atom. The Morgan fingerprint density at radius 2 is 1.63 bits per heavy atom. The number of aryl methyl sites for hydroxylation is 1. The van der Waals surface area contributed by atoms with Crippen molar-refractivity contribution in [2.24, 2.45) is 7.05 Å². The molecule has 4 rings (SSSR count). The number of halogens is 1. The largest absolute Gasteiger partial charge is 0.338 e. The number of hydrogen-bond donors (Lipinski definition) is 0. The molecule has 4 nitrogen and oxygen atoms in total. The fourth-order valence-corrected chi connectivity index (χ4v) is 4.21. The Hall–Kier alpha value is -2.30. The van der Waals surface area contributed by atoms with Gasteiger partial charge in [-0.15, -0.1) is 0 Å². The quantitative estimate of drug-likeness (QED) is 0.687. The van der Waals surface area contributed by atoms with Gasteiger partial charge in [0.25, 0.3) is 5.91 Å². The lowest BCUT2D eigenvalue weighted by molar-refractivity contribution is 0.0630. The van der Waals surface area contributed by atoms with Crippen molar-refractivity contribution in [3.8, 4) is 0 Å². The third kappa shape index (κ3) is 3.60. The van der Waals surface area contributed by atoms with Gasteiger partial charge in [0.1, 0.15) is 5.69 Å². The number of carbonyl (C=O) groups is 1. The lowest BCUT2D eigenvalue weighted by atomic mass is 10.1. The fourth-order valence-electron chi connectivity index (χ4n) is 3.84. The number of piperazine rings is 1. The molecule has 0 spiro atoms. The van der Waals surface area contributed by atoms with Crippen molar-refractivity contribution >= 4 is 28.4 Å². The predicted octanol–water partition coefficient (Wildman–Crippen LogP) is 3.83. The van der Waals surface area contributed by atoms with Crippen LogP contribution in [0.15, 0.2) is 54.6 Å². The second-order valence-electron chi connectivity index (χ2n) is 7.11. The average Bonchev–Trinajstić information content (AvgIpc) is 2.98. The first-order chi connectivity index (χ1) is 13.1. The van der Waals surface area contributed by atoms with Crippen LogP contribution in [0.2, 0.25) is 5.02 Å². The van der Waals surface area contributed by atoms with Crippen LogP contribution >= 0.6 is 11.6 Å². The Balaban J connectivity index is 1.40. The molecule has 27 heavy (non-hydrogen) atoms. The van der Waals surface area contributed by atoms with Gasteiger partial charge in [0, 0.05) is 50.7 Å². The Labute approximate surface area is 164 Å². The first-order valence-corrected chi connectivity index (χ1v) is 9.81. The zero-order chi connectivity index (χ0) is 18.8. The van der Waals surface area contributed by atoms with Gasteiger partial charge in [-0.25, -0.2) is 0 Å². The summed E-state index contributed by atoms with van der Waals surface area (Å²) in [5.41, 5.74) is 2.95. The Kier molecular flexibility index (Phi) is 5.19. The first kappa shape index (κ1) is 18.1. The van der Waals surface area contributed by atoms with Crippen molar-refractivity contribution in [2.75, 3.05) is 32.7 Å². The van der Waals surface area contributed by atoms with E-state index in [2.05, 4.69) is 29.2 Å². The van der Waals surface area contributed by atoms with Gasteiger partial charge in [0.2, 0.25) is 0 Å². The van der Waals surface area contributed by atoms with Crippen LogP contribution in [0.25, 0.3) is 10.9 Å². The highest BCUT2D eigenvalue weighted by molar-refractivity contribution is 6.38. The van der Waals surface area contributed by atoms with Crippen LogP contribution in [-0.4, -0.2) is 53.0 Å². The molecule has 2 aromatic carbocycles. The molecule has 0 bridgehead atoms. The first-order valence-electron chi connectivity index (χ1n) is 9.43. The SMILES string of the molecule is Cn1c(C(=O)N2CCN(CCc3ccccc3)CC2)c(Cl)c2ccccc21. The lowest BCUT2D eigenvalue weighted by Crippen LogP contribution is -2.49. The number of nitrogens with zero attached hydrogens (tertiary/aromatic N) is 3. The fraction of sp³-hybridized carbons (Fsp3) is 0.318. The van der Waals surface area contributed by atoms with Crippen LogP contribution in [0, 0.1) is 0 Å². The standard InChI is InChI=1S/C22H24ClN3O/c1-24-19-10-6-5-9-18(19)20(23)21(24)22(27)26-15-13-25(14-16-26)12-11-17-7-3-2-4-8-17/h2-10H,11-16H2,1H3. The molecule has 1 saturated heterocycles. The normalized spacial score (nSPS) is 15.4. The van der Waals surface area contributed by atoms with E-state index in [1.165, 1.54) is 5.56 Å². The van der Waals surface area contributed by atoms with Gasteiger partial charge in [-0.3, -0.25) is 9.69 Å². The molecule has 1 amide bonds. The number of para-hydroxylation sites is 1. The molecular weight excluding hydrogens is 358 g/mol. The van der Waals surface area contributed by atoms with Crippen molar-refractivity contribution in [1.82, 2.24) is 14.4 Å². The van der Waals surface area contributed by atoms with E-state index in [4.69, 9.17) is 11.6 Å². The molecule has 0 saturated carbocycles. The lowest BCUT2D eigenvalue weighted by Gasteiger charge is -2.34. The highest BCUT2D eigenvalue weighted by Gasteiger charge is 2.27. The third-order valence-electron chi connectivity index (χ3n) is 5.47. The van der Waals surface area contributed by atoms with E-state index in [-0.39, 0.29) is 5.91 Å². The smallest absolute Gasteiger partial charge is 0.272 e. The van der Waals surface area contributed by atoms with Crippen LogP contribution in [-0.2, 0) is 13.5 Å².